The highest BCUT2D eigenvalue weighted by Gasteiger charge is 2.14. The average Bonchev–Trinajstić information content (AvgIpc) is 2.42. The molecule has 4 nitrogen and oxygen atoms in total. The molecule has 4 heteroatoms. The maximum atomic E-state index is 5.72. The molecule has 0 amide bonds. The summed E-state index contributed by atoms with van der Waals surface area (Å²) in [5.41, 5.74) is 2.04. The Bertz CT molecular complexity index is 430. The van der Waals surface area contributed by atoms with Crippen LogP contribution in [0.5, 0.6) is 17.2 Å². The van der Waals surface area contributed by atoms with Crippen LogP contribution in [0.2, 0.25) is 0 Å². The Morgan fingerprint density at radius 2 is 1.75 bits per heavy atom. The van der Waals surface area contributed by atoms with Gasteiger partial charge in [0.1, 0.15) is 6.61 Å². The van der Waals surface area contributed by atoms with Gasteiger partial charge in [0.05, 0.1) is 14.2 Å². The first kappa shape index (κ1) is 16.4. The lowest BCUT2D eigenvalue weighted by Crippen LogP contribution is -2.21. The van der Waals surface area contributed by atoms with Crippen LogP contribution in [0.3, 0.4) is 0 Å². The minimum absolute atomic E-state index is 0.423. The summed E-state index contributed by atoms with van der Waals surface area (Å²) in [5, 5.41) is 3.37. The Hall–Kier alpha value is -1.68. The predicted molar refractivity (Wildman–Crippen MR) is 81.8 cm³/mol. The van der Waals surface area contributed by atoms with Crippen LogP contribution in [-0.2, 0) is 6.54 Å². The average molecular weight is 279 g/mol. The van der Waals surface area contributed by atoms with Crippen LogP contribution in [0.1, 0.15) is 26.3 Å². The van der Waals surface area contributed by atoms with E-state index in [0.717, 1.165) is 17.7 Å². The molecule has 0 spiro atoms. The first-order valence-corrected chi connectivity index (χ1v) is 6.73. The lowest BCUT2D eigenvalue weighted by atomic mass is 10.1. The fourth-order valence-electron chi connectivity index (χ4n) is 1.70. The van der Waals surface area contributed by atoms with E-state index in [-0.39, 0.29) is 0 Å². The summed E-state index contributed by atoms with van der Waals surface area (Å²) in [4.78, 5) is 0. The van der Waals surface area contributed by atoms with E-state index in [1.165, 1.54) is 0 Å². The molecule has 0 bridgehead atoms. The second-order valence-electron chi connectivity index (χ2n) is 5.11. The van der Waals surface area contributed by atoms with Crippen molar-refractivity contribution in [3.63, 3.8) is 0 Å². The maximum absolute atomic E-state index is 5.72. The number of rotatable bonds is 8. The van der Waals surface area contributed by atoms with Crippen molar-refractivity contribution >= 4 is 0 Å². The van der Waals surface area contributed by atoms with Crippen LogP contribution in [-0.4, -0.2) is 26.9 Å². The number of hydrogen-bond donors (Lipinski definition) is 1. The summed E-state index contributed by atoms with van der Waals surface area (Å²) >= 11 is 0. The SMILES string of the molecule is C=C(C)COc1c(OC)cc(CNC(C)C)cc1OC. The van der Waals surface area contributed by atoms with Crippen LogP contribution in [0, 0.1) is 0 Å². The molecule has 0 unspecified atom stereocenters. The van der Waals surface area contributed by atoms with E-state index in [1.807, 2.05) is 19.1 Å². The van der Waals surface area contributed by atoms with Crippen molar-refractivity contribution in [1.82, 2.24) is 5.32 Å². The van der Waals surface area contributed by atoms with Crippen molar-refractivity contribution in [1.29, 1.82) is 0 Å². The molecule has 0 radical (unpaired) electrons. The Balaban J connectivity index is 3.01. The van der Waals surface area contributed by atoms with Gasteiger partial charge in [0.25, 0.3) is 0 Å². The van der Waals surface area contributed by atoms with E-state index >= 15 is 0 Å². The van der Waals surface area contributed by atoms with Crippen molar-refractivity contribution in [2.24, 2.45) is 0 Å². The summed E-state index contributed by atoms with van der Waals surface area (Å²) in [5.74, 6) is 1.96. The van der Waals surface area contributed by atoms with Gasteiger partial charge in [-0.15, -0.1) is 0 Å². The molecule has 1 aromatic carbocycles. The third-order valence-corrected chi connectivity index (χ3v) is 2.70. The van der Waals surface area contributed by atoms with Gasteiger partial charge >= 0.3 is 0 Å². The summed E-state index contributed by atoms with van der Waals surface area (Å²) in [7, 11) is 3.25. The normalized spacial score (nSPS) is 10.5. The fourth-order valence-corrected chi connectivity index (χ4v) is 1.70. The van der Waals surface area contributed by atoms with E-state index < -0.39 is 0 Å². The van der Waals surface area contributed by atoms with Gasteiger partial charge in [-0.3, -0.25) is 0 Å². The molecular formula is C16H25NO3. The van der Waals surface area contributed by atoms with Gasteiger partial charge in [0.15, 0.2) is 11.5 Å². The molecule has 20 heavy (non-hydrogen) atoms. The smallest absolute Gasteiger partial charge is 0.203 e. The highest BCUT2D eigenvalue weighted by Crippen LogP contribution is 2.38. The Kier molecular flexibility index (Phi) is 6.39. The Labute approximate surface area is 121 Å². The van der Waals surface area contributed by atoms with E-state index in [0.29, 0.717) is 29.9 Å². The molecule has 0 aromatic heterocycles. The van der Waals surface area contributed by atoms with E-state index in [4.69, 9.17) is 14.2 Å². The summed E-state index contributed by atoms with van der Waals surface area (Å²) in [6.07, 6.45) is 0. The molecule has 0 aliphatic rings. The quantitative estimate of drug-likeness (QED) is 0.742. The van der Waals surface area contributed by atoms with Crippen molar-refractivity contribution in [3.05, 3.63) is 29.8 Å². The van der Waals surface area contributed by atoms with Gasteiger partial charge in [0, 0.05) is 12.6 Å². The molecule has 0 fully saturated rings. The molecule has 0 atom stereocenters. The van der Waals surface area contributed by atoms with Crippen LogP contribution in [0.25, 0.3) is 0 Å². The van der Waals surface area contributed by atoms with Gasteiger partial charge in [0.2, 0.25) is 5.75 Å². The largest absolute Gasteiger partial charge is 0.493 e. The first-order chi connectivity index (χ1) is 9.47. The van der Waals surface area contributed by atoms with Crippen LogP contribution in [0.4, 0.5) is 0 Å². The molecule has 112 valence electrons. The van der Waals surface area contributed by atoms with Gasteiger partial charge in [-0.1, -0.05) is 20.4 Å². The minimum atomic E-state index is 0.423. The molecule has 0 saturated heterocycles. The van der Waals surface area contributed by atoms with Crippen molar-refractivity contribution in [2.45, 2.75) is 33.4 Å². The molecule has 1 rings (SSSR count). The molecular weight excluding hydrogens is 254 g/mol. The minimum Gasteiger partial charge on any atom is -0.493 e. The van der Waals surface area contributed by atoms with E-state index in [2.05, 4.69) is 25.7 Å². The monoisotopic (exact) mass is 279 g/mol. The van der Waals surface area contributed by atoms with Gasteiger partial charge < -0.3 is 19.5 Å². The molecule has 1 aromatic rings. The van der Waals surface area contributed by atoms with Gasteiger partial charge in [-0.25, -0.2) is 0 Å². The first-order valence-electron chi connectivity index (χ1n) is 6.73. The predicted octanol–water partition coefficient (Wildman–Crippen LogP) is 3.16. The van der Waals surface area contributed by atoms with Crippen LogP contribution < -0.4 is 19.5 Å². The molecule has 0 aliphatic carbocycles. The summed E-state index contributed by atoms with van der Waals surface area (Å²) < 4.78 is 16.5. The zero-order valence-electron chi connectivity index (χ0n) is 13.1. The van der Waals surface area contributed by atoms with Crippen molar-refractivity contribution < 1.29 is 14.2 Å². The Morgan fingerprint density at radius 3 is 2.15 bits per heavy atom. The second-order valence-corrected chi connectivity index (χ2v) is 5.11. The standard InChI is InChI=1S/C16H25NO3/c1-11(2)10-20-16-14(18-5)7-13(8-15(16)19-6)9-17-12(3)4/h7-8,12,17H,1,9-10H2,2-6H3. The molecule has 0 saturated carbocycles. The van der Waals surface area contributed by atoms with Crippen LogP contribution in [0.15, 0.2) is 24.3 Å². The number of hydrogen-bond acceptors (Lipinski definition) is 4. The lowest BCUT2D eigenvalue weighted by Gasteiger charge is -2.17. The summed E-state index contributed by atoms with van der Waals surface area (Å²) in [6, 6.07) is 4.35. The molecule has 0 aliphatic heterocycles. The lowest BCUT2D eigenvalue weighted by molar-refractivity contribution is 0.295. The highest BCUT2D eigenvalue weighted by atomic mass is 16.5. The molecule has 1 N–H and O–H groups in total. The number of nitrogens with one attached hydrogen (secondary N) is 1. The number of benzene rings is 1. The third kappa shape index (κ3) is 4.78. The molecule has 0 heterocycles. The topological polar surface area (TPSA) is 39.7 Å². The van der Waals surface area contributed by atoms with Gasteiger partial charge in [-0.2, -0.15) is 0 Å². The van der Waals surface area contributed by atoms with E-state index in [9.17, 15) is 0 Å². The number of methoxy groups -OCH3 is 2. The third-order valence-electron chi connectivity index (χ3n) is 2.70. The fraction of sp³-hybridized carbons (Fsp3) is 0.500. The summed E-state index contributed by atoms with van der Waals surface area (Å²) in [6.45, 7) is 11.2. The zero-order chi connectivity index (χ0) is 15.1. The van der Waals surface area contributed by atoms with Crippen molar-refractivity contribution in [3.8, 4) is 17.2 Å². The van der Waals surface area contributed by atoms with Gasteiger partial charge in [-0.05, 0) is 30.2 Å². The maximum Gasteiger partial charge on any atom is 0.203 e. The second kappa shape index (κ2) is 7.80. The zero-order valence-corrected chi connectivity index (χ0v) is 13.1. The van der Waals surface area contributed by atoms with Crippen molar-refractivity contribution in [2.75, 3.05) is 20.8 Å². The van der Waals surface area contributed by atoms with E-state index in [1.54, 1.807) is 14.2 Å². The Morgan fingerprint density at radius 1 is 1.20 bits per heavy atom. The van der Waals surface area contributed by atoms with Crippen LogP contribution >= 0.6 is 0 Å². The number of ether oxygens (including phenoxy) is 3. The highest BCUT2D eigenvalue weighted by molar-refractivity contribution is 5.54.